The smallest absolute Gasteiger partial charge is 0.279 e. The lowest BCUT2D eigenvalue weighted by molar-refractivity contribution is -0.885. The van der Waals surface area contributed by atoms with Gasteiger partial charge in [-0.2, -0.15) is 0 Å². The third-order valence-corrected chi connectivity index (χ3v) is 4.54. The molecule has 3 rings (SSSR count). The Morgan fingerprint density at radius 3 is 2.57 bits per heavy atom. The number of rotatable bonds is 8. The third kappa shape index (κ3) is 5.02. The van der Waals surface area contributed by atoms with E-state index in [1.165, 1.54) is 10.9 Å². The quantitative estimate of drug-likeness (QED) is 0.633. The number of hydrogen-bond donors (Lipinski definition) is 2. The van der Waals surface area contributed by atoms with Crippen molar-refractivity contribution in [2.75, 3.05) is 32.6 Å². The van der Waals surface area contributed by atoms with Gasteiger partial charge in [0.2, 0.25) is 0 Å². The van der Waals surface area contributed by atoms with E-state index in [-0.39, 0.29) is 5.91 Å². The molecule has 5 heteroatoms. The van der Waals surface area contributed by atoms with E-state index in [0.717, 1.165) is 22.6 Å². The highest BCUT2D eigenvalue weighted by Crippen LogP contribution is 2.23. The monoisotopic (exact) mass is 379 g/mol. The zero-order chi connectivity index (χ0) is 19.9. The molecule has 0 fully saturated rings. The topological polar surface area (TPSA) is 52.0 Å². The van der Waals surface area contributed by atoms with Gasteiger partial charge in [0.25, 0.3) is 5.91 Å². The normalized spacial score (nSPS) is 11.8. The Kier molecular flexibility index (Phi) is 6.50. The molecule has 0 heterocycles. The molecule has 2 N–H and O–H groups in total. The van der Waals surface area contributed by atoms with Crippen LogP contribution in [0.1, 0.15) is 12.5 Å². The summed E-state index contributed by atoms with van der Waals surface area (Å²) in [6.45, 7) is 3.63. The van der Waals surface area contributed by atoms with Crippen LogP contribution in [0.4, 0.5) is 5.69 Å². The summed E-state index contributed by atoms with van der Waals surface area (Å²) in [6.07, 6.45) is 0. The number of carbonyl (C=O) groups is 1. The molecule has 1 unspecified atom stereocenters. The molecule has 0 aliphatic heterocycles. The maximum absolute atomic E-state index is 12.5. The molecule has 0 radical (unpaired) electrons. The largest absolute Gasteiger partial charge is 0.497 e. The Hall–Kier alpha value is -3.05. The predicted molar refractivity (Wildman–Crippen MR) is 112 cm³/mol. The van der Waals surface area contributed by atoms with E-state index in [0.29, 0.717) is 24.6 Å². The van der Waals surface area contributed by atoms with Crippen molar-refractivity contribution >= 4 is 22.4 Å². The van der Waals surface area contributed by atoms with E-state index < -0.39 is 0 Å². The predicted octanol–water partition coefficient (Wildman–Crippen LogP) is 2.90. The fourth-order valence-electron chi connectivity index (χ4n) is 3.24. The van der Waals surface area contributed by atoms with Crippen LogP contribution >= 0.6 is 0 Å². The molecule has 0 bridgehead atoms. The van der Waals surface area contributed by atoms with Crippen molar-refractivity contribution in [1.29, 1.82) is 0 Å². The highest BCUT2D eigenvalue weighted by Gasteiger charge is 2.13. The first-order valence-corrected chi connectivity index (χ1v) is 9.48. The minimum atomic E-state index is -0.0322. The summed E-state index contributed by atoms with van der Waals surface area (Å²) in [4.78, 5) is 13.6. The minimum absolute atomic E-state index is 0.0322. The van der Waals surface area contributed by atoms with Gasteiger partial charge in [0.15, 0.2) is 6.54 Å². The second-order valence-electron chi connectivity index (χ2n) is 6.84. The summed E-state index contributed by atoms with van der Waals surface area (Å²) in [7, 11) is 3.69. The molecule has 3 aromatic rings. The summed E-state index contributed by atoms with van der Waals surface area (Å²) in [6, 6.07) is 19.9. The Morgan fingerprint density at radius 1 is 1.04 bits per heavy atom. The van der Waals surface area contributed by atoms with Gasteiger partial charge in [0, 0.05) is 5.56 Å². The Balaban J connectivity index is 1.61. The van der Waals surface area contributed by atoms with Gasteiger partial charge in [0.1, 0.15) is 18.0 Å². The van der Waals surface area contributed by atoms with Gasteiger partial charge < -0.3 is 19.7 Å². The summed E-state index contributed by atoms with van der Waals surface area (Å²) >= 11 is 0. The minimum Gasteiger partial charge on any atom is -0.497 e. The number of likely N-dealkylation sites (N-methyl/N-ethyl adjacent to an activating group) is 1. The fraction of sp³-hybridized carbons (Fsp3) is 0.261. The molecule has 1 atom stereocenters. The molecular weight excluding hydrogens is 352 g/mol. The van der Waals surface area contributed by atoms with E-state index in [1.54, 1.807) is 7.11 Å². The van der Waals surface area contributed by atoms with Crippen molar-refractivity contribution in [3.05, 3.63) is 66.2 Å². The van der Waals surface area contributed by atoms with Crippen LogP contribution in [0.25, 0.3) is 10.8 Å². The van der Waals surface area contributed by atoms with E-state index in [2.05, 4.69) is 29.6 Å². The average Bonchev–Trinajstić information content (AvgIpc) is 2.69. The van der Waals surface area contributed by atoms with E-state index in [9.17, 15) is 4.79 Å². The maximum Gasteiger partial charge on any atom is 0.279 e. The molecule has 146 valence electrons. The molecular formula is C23H27N2O3+. The van der Waals surface area contributed by atoms with Crippen LogP contribution in [-0.2, 0) is 11.3 Å². The van der Waals surface area contributed by atoms with Crippen LogP contribution in [0.5, 0.6) is 11.5 Å². The lowest BCUT2D eigenvalue weighted by Gasteiger charge is -2.16. The SMILES string of the molecule is CCOc1ccccc1NC(=O)C[NH+](C)Cc1ccc2cc(OC)ccc2c1. The molecule has 28 heavy (non-hydrogen) atoms. The van der Waals surface area contributed by atoms with Gasteiger partial charge >= 0.3 is 0 Å². The van der Waals surface area contributed by atoms with Crippen LogP contribution in [0.3, 0.4) is 0 Å². The number of ether oxygens (including phenoxy) is 2. The van der Waals surface area contributed by atoms with Gasteiger partial charge in [0.05, 0.1) is 26.5 Å². The third-order valence-electron chi connectivity index (χ3n) is 4.54. The number of anilines is 1. The molecule has 0 spiro atoms. The zero-order valence-corrected chi connectivity index (χ0v) is 16.6. The zero-order valence-electron chi connectivity index (χ0n) is 16.6. The van der Waals surface area contributed by atoms with E-state index in [4.69, 9.17) is 9.47 Å². The van der Waals surface area contributed by atoms with Crippen LogP contribution in [0.15, 0.2) is 60.7 Å². The van der Waals surface area contributed by atoms with Crippen LogP contribution < -0.4 is 19.7 Å². The van der Waals surface area contributed by atoms with Gasteiger partial charge in [-0.1, -0.05) is 30.3 Å². The number of para-hydroxylation sites is 2. The molecule has 0 saturated heterocycles. The van der Waals surface area contributed by atoms with Crippen molar-refractivity contribution in [2.24, 2.45) is 0 Å². The van der Waals surface area contributed by atoms with Gasteiger partial charge in [-0.25, -0.2) is 0 Å². The maximum atomic E-state index is 12.5. The van der Waals surface area contributed by atoms with E-state index >= 15 is 0 Å². The molecule has 1 amide bonds. The molecule has 0 aliphatic carbocycles. The summed E-state index contributed by atoms with van der Waals surface area (Å²) in [5.74, 6) is 1.52. The Bertz CT molecular complexity index is 955. The lowest BCUT2D eigenvalue weighted by atomic mass is 10.1. The molecule has 0 saturated carbocycles. The number of methoxy groups -OCH3 is 1. The molecule has 5 nitrogen and oxygen atoms in total. The highest BCUT2D eigenvalue weighted by atomic mass is 16.5. The van der Waals surface area contributed by atoms with Crippen LogP contribution in [-0.4, -0.2) is 33.2 Å². The number of carbonyl (C=O) groups excluding carboxylic acids is 1. The number of fused-ring (bicyclic) bond motifs is 1. The molecule has 0 aliphatic rings. The number of hydrogen-bond acceptors (Lipinski definition) is 3. The highest BCUT2D eigenvalue weighted by molar-refractivity contribution is 5.93. The summed E-state index contributed by atoms with van der Waals surface area (Å²) in [5.41, 5.74) is 1.90. The Labute approximate surface area is 165 Å². The fourth-order valence-corrected chi connectivity index (χ4v) is 3.24. The number of nitrogens with one attached hydrogen (secondary N) is 2. The van der Waals surface area contributed by atoms with Gasteiger partial charge in [-0.3, -0.25) is 4.79 Å². The van der Waals surface area contributed by atoms with Crippen molar-refractivity contribution < 1.29 is 19.2 Å². The second-order valence-corrected chi connectivity index (χ2v) is 6.84. The standard InChI is InChI=1S/C23H26N2O3/c1-4-28-22-8-6-5-7-21(22)24-23(26)16-25(2)15-17-9-10-19-14-20(27-3)12-11-18(19)13-17/h5-14H,4,15-16H2,1-3H3,(H,24,26)/p+1. The Morgan fingerprint density at radius 2 is 1.79 bits per heavy atom. The average molecular weight is 379 g/mol. The van der Waals surface area contributed by atoms with Crippen molar-refractivity contribution in [3.8, 4) is 11.5 Å². The number of benzene rings is 3. The molecule has 0 aromatic heterocycles. The number of quaternary nitrogens is 1. The number of amides is 1. The first-order valence-electron chi connectivity index (χ1n) is 9.48. The van der Waals surface area contributed by atoms with Crippen molar-refractivity contribution in [1.82, 2.24) is 0 Å². The molecule has 3 aromatic carbocycles. The van der Waals surface area contributed by atoms with Crippen molar-refractivity contribution in [3.63, 3.8) is 0 Å². The van der Waals surface area contributed by atoms with Gasteiger partial charge in [-0.05, 0) is 48.0 Å². The first-order chi connectivity index (χ1) is 13.6. The van der Waals surface area contributed by atoms with Crippen molar-refractivity contribution in [2.45, 2.75) is 13.5 Å². The van der Waals surface area contributed by atoms with Crippen LogP contribution in [0.2, 0.25) is 0 Å². The van der Waals surface area contributed by atoms with E-state index in [1.807, 2.05) is 50.4 Å². The van der Waals surface area contributed by atoms with Gasteiger partial charge in [-0.15, -0.1) is 0 Å². The lowest BCUT2D eigenvalue weighted by Crippen LogP contribution is -3.08. The van der Waals surface area contributed by atoms with Crippen LogP contribution in [0, 0.1) is 0 Å². The summed E-state index contributed by atoms with van der Waals surface area (Å²) in [5, 5.41) is 5.27. The first kappa shape index (κ1) is 19.7. The summed E-state index contributed by atoms with van der Waals surface area (Å²) < 4.78 is 10.8. The second kappa shape index (κ2) is 9.24.